The van der Waals surface area contributed by atoms with Crippen LogP contribution in [0.25, 0.3) is 0 Å². The van der Waals surface area contributed by atoms with Crippen molar-refractivity contribution in [3.63, 3.8) is 0 Å². The number of aromatic nitrogens is 4. The summed E-state index contributed by atoms with van der Waals surface area (Å²) in [7, 11) is 0. The number of H-pyrrole nitrogens is 1. The van der Waals surface area contributed by atoms with Gasteiger partial charge in [0.2, 0.25) is 5.95 Å². The van der Waals surface area contributed by atoms with Gasteiger partial charge in [0, 0.05) is 50.4 Å². The largest absolute Gasteiger partial charge is 0.340 e. The molecular weight excluding hydrogens is 444 g/mol. The molecule has 0 aliphatic carbocycles. The Hall–Kier alpha value is -3.49. The van der Waals surface area contributed by atoms with Crippen molar-refractivity contribution >= 4 is 17.7 Å². The van der Waals surface area contributed by atoms with Crippen molar-refractivity contribution in [3.8, 4) is 0 Å². The molecule has 0 atom stereocenters. The molecule has 5 rings (SSSR count). The van der Waals surface area contributed by atoms with Gasteiger partial charge in [-0.2, -0.15) is 0 Å². The van der Waals surface area contributed by atoms with Gasteiger partial charge in [-0.25, -0.2) is 15.0 Å². The predicted molar refractivity (Wildman–Crippen MR) is 135 cm³/mol. The van der Waals surface area contributed by atoms with E-state index in [2.05, 4.69) is 85.4 Å². The number of nitrogens with one attached hydrogen (secondary N) is 1. The summed E-state index contributed by atoms with van der Waals surface area (Å²) in [5.74, 6) is 1.18. The molecule has 0 spiro atoms. The highest BCUT2D eigenvalue weighted by Crippen LogP contribution is 2.30. The lowest BCUT2D eigenvalue weighted by molar-refractivity contribution is 0.211. The van der Waals surface area contributed by atoms with Crippen molar-refractivity contribution in [3.05, 3.63) is 112 Å². The van der Waals surface area contributed by atoms with Crippen LogP contribution in [-0.2, 0) is 5.75 Å². The molecule has 1 saturated heterocycles. The Morgan fingerprint density at radius 3 is 2.09 bits per heavy atom. The molecule has 172 valence electrons. The first-order chi connectivity index (χ1) is 16.8. The minimum Gasteiger partial charge on any atom is -0.340 e. The summed E-state index contributed by atoms with van der Waals surface area (Å²) in [6.07, 6.45) is 3.42. The number of hydrogen-bond donors (Lipinski definition) is 1. The Bertz CT molecular complexity index is 1210. The van der Waals surface area contributed by atoms with E-state index in [4.69, 9.17) is 4.98 Å². The molecule has 1 aliphatic rings. The Balaban J connectivity index is 1.30. The zero-order valence-electron chi connectivity index (χ0n) is 18.7. The summed E-state index contributed by atoms with van der Waals surface area (Å²) >= 11 is 1.47. The van der Waals surface area contributed by atoms with E-state index in [1.54, 1.807) is 24.5 Å². The Morgan fingerprint density at radius 1 is 0.853 bits per heavy atom. The second kappa shape index (κ2) is 10.6. The van der Waals surface area contributed by atoms with Crippen molar-refractivity contribution in [1.82, 2.24) is 24.8 Å². The first-order valence-electron chi connectivity index (χ1n) is 11.4. The highest BCUT2D eigenvalue weighted by molar-refractivity contribution is 7.98. The second-order valence-electron chi connectivity index (χ2n) is 8.13. The van der Waals surface area contributed by atoms with Gasteiger partial charge in [0.15, 0.2) is 5.16 Å². The number of thioether (sulfide) groups is 1. The molecule has 3 heterocycles. The number of benzene rings is 2. The van der Waals surface area contributed by atoms with Crippen LogP contribution in [0.15, 0.2) is 95.1 Å². The molecule has 2 aromatic heterocycles. The molecule has 2 aromatic carbocycles. The van der Waals surface area contributed by atoms with Crippen molar-refractivity contribution in [1.29, 1.82) is 0 Å². The van der Waals surface area contributed by atoms with E-state index in [0.717, 1.165) is 31.9 Å². The van der Waals surface area contributed by atoms with Gasteiger partial charge < -0.3 is 4.90 Å². The molecule has 0 amide bonds. The second-order valence-corrected chi connectivity index (χ2v) is 9.07. The Morgan fingerprint density at radius 2 is 1.47 bits per heavy atom. The number of rotatable bonds is 7. The first kappa shape index (κ1) is 22.3. The highest BCUT2D eigenvalue weighted by Gasteiger charge is 2.27. The van der Waals surface area contributed by atoms with Gasteiger partial charge in [-0.3, -0.25) is 14.7 Å². The summed E-state index contributed by atoms with van der Waals surface area (Å²) in [6, 6.07) is 24.8. The average molecular weight is 471 g/mol. The fourth-order valence-corrected chi connectivity index (χ4v) is 4.99. The summed E-state index contributed by atoms with van der Waals surface area (Å²) < 4.78 is 0. The maximum absolute atomic E-state index is 12.3. The summed E-state index contributed by atoms with van der Waals surface area (Å²) in [5.41, 5.74) is 3.17. The maximum atomic E-state index is 12.3. The number of piperazine rings is 1. The van der Waals surface area contributed by atoms with E-state index in [9.17, 15) is 4.79 Å². The molecule has 0 saturated carbocycles. The summed E-state index contributed by atoms with van der Waals surface area (Å²) in [6.45, 7) is 3.32. The molecule has 8 heteroatoms. The molecule has 1 aliphatic heterocycles. The van der Waals surface area contributed by atoms with Gasteiger partial charge in [0.1, 0.15) is 0 Å². The van der Waals surface area contributed by atoms with Crippen LogP contribution in [0.5, 0.6) is 0 Å². The van der Waals surface area contributed by atoms with Crippen LogP contribution in [0, 0.1) is 0 Å². The lowest BCUT2D eigenvalue weighted by Gasteiger charge is -2.40. The van der Waals surface area contributed by atoms with Gasteiger partial charge in [-0.05, 0) is 17.2 Å². The molecule has 1 fully saturated rings. The number of hydrogen-bond acceptors (Lipinski definition) is 7. The predicted octanol–water partition coefficient (Wildman–Crippen LogP) is 3.76. The minimum atomic E-state index is -0.136. The third-order valence-corrected chi connectivity index (χ3v) is 6.79. The molecule has 34 heavy (non-hydrogen) atoms. The molecule has 1 N–H and O–H groups in total. The number of anilines is 1. The molecule has 7 nitrogen and oxygen atoms in total. The topological polar surface area (TPSA) is 78.0 Å². The molecule has 0 unspecified atom stereocenters. The van der Waals surface area contributed by atoms with Crippen LogP contribution >= 0.6 is 11.8 Å². The Kier molecular flexibility index (Phi) is 6.97. The SMILES string of the molecule is O=c1cc(CSc2ncccn2)nc(N2CCN(C(c3ccccc3)c3ccccc3)CC2)[nH]1. The fourth-order valence-electron chi connectivity index (χ4n) is 4.29. The van der Waals surface area contributed by atoms with Crippen LogP contribution in [0.4, 0.5) is 5.95 Å². The van der Waals surface area contributed by atoms with Crippen LogP contribution in [0.3, 0.4) is 0 Å². The van der Waals surface area contributed by atoms with Gasteiger partial charge >= 0.3 is 0 Å². The number of nitrogens with zero attached hydrogens (tertiary/aromatic N) is 5. The van der Waals surface area contributed by atoms with Gasteiger partial charge in [0.05, 0.1) is 11.7 Å². The lowest BCUT2D eigenvalue weighted by atomic mass is 9.96. The minimum absolute atomic E-state index is 0.136. The van der Waals surface area contributed by atoms with E-state index < -0.39 is 0 Å². The highest BCUT2D eigenvalue weighted by atomic mass is 32.2. The van der Waals surface area contributed by atoms with Crippen molar-refractivity contribution in [2.24, 2.45) is 0 Å². The smallest absolute Gasteiger partial charge is 0.252 e. The van der Waals surface area contributed by atoms with Crippen molar-refractivity contribution in [2.45, 2.75) is 17.0 Å². The quantitative estimate of drug-likeness (QED) is 0.325. The summed E-state index contributed by atoms with van der Waals surface area (Å²) in [5, 5.41) is 0.674. The zero-order chi connectivity index (χ0) is 23.2. The van der Waals surface area contributed by atoms with Gasteiger partial charge in [-0.1, -0.05) is 72.4 Å². The van der Waals surface area contributed by atoms with Crippen LogP contribution in [0.1, 0.15) is 22.9 Å². The van der Waals surface area contributed by atoms with Crippen molar-refractivity contribution in [2.75, 3.05) is 31.1 Å². The molecule has 0 radical (unpaired) electrons. The first-order valence-corrected chi connectivity index (χ1v) is 12.3. The van der Waals surface area contributed by atoms with Crippen LogP contribution < -0.4 is 10.5 Å². The standard InChI is InChI=1S/C26H26N6OS/c33-23-18-22(19-34-26-27-12-7-13-28-26)29-25(30-23)32-16-14-31(15-17-32)24(20-8-3-1-4-9-20)21-10-5-2-6-11-21/h1-13,18,24H,14-17,19H2,(H,29,30,33). The summed E-state index contributed by atoms with van der Waals surface area (Å²) in [4.78, 5) is 33.1. The normalized spacial score (nSPS) is 14.4. The van der Waals surface area contributed by atoms with E-state index in [1.165, 1.54) is 22.9 Å². The molecular formula is C26H26N6OS. The lowest BCUT2D eigenvalue weighted by Crippen LogP contribution is -2.48. The zero-order valence-corrected chi connectivity index (χ0v) is 19.6. The van der Waals surface area contributed by atoms with Crippen molar-refractivity contribution < 1.29 is 0 Å². The monoisotopic (exact) mass is 470 g/mol. The van der Waals surface area contributed by atoms with E-state index in [0.29, 0.717) is 16.9 Å². The number of aromatic amines is 1. The third-order valence-electron chi connectivity index (χ3n) is 5.88. The van der Waals surface area contributed by atoms with E-state index >= 15 is 0 Å². The molecule has 4 aromatic rings. The molecule has 0 bridgehead atoms. The van der Waals surface area contributed by atoms with E-state index in [-0.39, 0.29) is 11.6 Å². The fraction of sp³-hybridized carbons (Fsp3) is 0.231. The van der Waals surface area contributed by atoms with Crippen LogP contribution in [-0.4, -0.2) is 51.0 Å². The Labute approximate surface area is 202 Å². The van der Waals surface area contributed by atoms with E-state index in [1.807, 2.05) is 0 Å². The maximum Gasteiger partial charge on any atom is 0.252 e. The van der Waals surface area contributed by atoms with Gasteiger partial charge in [0.25, 0.3) is 5.56 Å². The third kappa shape index (κ3) is 5.35. The van der Waals surface area contributed by atoms with Crippen LogP contribution in [0.2, 0.25) is 0 Å². The van der Waals surface area contributed by atoms with Gasteiger partial charge in [-0.15, -0.1) is 0 Å². The average Bonchev–Trinajstić information content (AvgIpc) is 2.90.